The number of aryl methyl sites for hydroxylation is 2. The van der Waals surface area contributed by atoms with Gasteiger partial charge in [0.25, 0.3) is 5.91 Å². The van der Waals surface area contributed by atoms with Crippen molar-refractivity contribution in [3.63, 3.8) is 0 Å². The first-order valence-electron chi connectivity index (χ1n) is 9.42. The zero-order chi connectivity index (χ0) is 18.5. The van der Waals surface area contributed by atoms with Gasteiger partial charge in [-0.3, -0.25) is 9.59 Å². The summed E-state index contributed by atoms with van der Waals surface area (Å²) in [6.45, 7) is 4.81. The lowest BCUT2D eigenvalue weighted by atomic mass is 10.1. The number of benzene rings is 2. The van der Waals surface area contributed by atoms with Crippen LogP contribution >= 0.6 is 0 Å². The quantitative estimate of drug-likeness (QED) is 0.884. The molecule has 1 saturated heterocycles. The maximum absolute atomic E-state index is 12.8. The minimum absolute atomic E-state index is 0.0633. The molecule has 1 atom stereocenters. The molecular formula is C22H26N2O2. The lowest BCUT2D eigenvalue weighted by molar-refractivity contribution is -0.119. The van der Waals surface area contributed by atoms with Gasteiger partial charge in [-0.05, 0) is 61.1 Å². The molecular weight excluding hydrogens is 324 g/mol. The summed E-state index contributed by atoms with van der Waals surface area (Å²) in [6, 6.07) is 15.1. The van der Waals surface area contributed by atoms with Gasteiger partial charge in [0.2, 0.25) is 5.91 Å². The molecule has 2 aromatic rings. The van der Waals surface area contributed by atoms with Crippen molar-refractivity contribution in [1.29, 1.82) is 0 Å². The Morgan fingerprint density at radius 3 is 2.12 bits per heavy atom. The van der Waals surface area contributed by atoms with E-state index in [1.807, 2.05) is 48.5 Å². The fourth-order valence-electron chi connectivity index (χ4n) is 3.38. The molecule has 3 rings (SSSR count). The molecule has 0 unspecified atom stereocenters. The Balaban J connectivity index is 1.69. The predicted octanol–water partition coefficient (Wildman–Crippen LogP) is 4.05. The molecule has 0 spiro atoms. The van der Waals surface area contributed by atoms with Gasteiger partial charge < -0.3 is 10.2 Å². The number of anilines is 1. The molecule has 1 heterocycles. The number of nitrogens with one attached hydrogen (secondary N) is 1. The molecule has 136 valence electrons. The summed E-state index contributed by atoms with van der Waals surface area (Å²) in [4.78, 5) is 27.3. The minimum atomic E-state index is -0.404. The van der Waals surface area contributed by atoms with Gasteiger partial charge in [-0.25, -0.2) is 0 Å². The third kappa shape index (κ3) is 3.96. The zero-order valence-corrected chi connectivity index (χ0v) is 15.5. The molecule has 2 amide bonds. The summed E-state index contributed by atoms with van der Waals surface area (Å²) >= 11 is 0. The highest BCUT2D eigenvalue weighted by Crippen LogP contribution is 2.22. The number of hydrogen-bond acceptors (Lipinski definition) is 2. The fraction of sp³-hybridized carbons (Fsp3) is 0.364. The summed E-state index contributed by atoms with van der Waals surface area (Å²) in [5.74, 6) is -0.170. The first-order valence-corrected chi connectivity index (χ1v) is 9.42. The largest absolute Gasteiger partial charge is 0.327 e. The second-order valence-electron chi connectivity index (χ2n) is 6.75. The van der Waals surface area contributed by atoms with Crippen LogP contribution in [0.3, 0.4) is 0 Å². The topological polar surface area (TPSA) is 49.4 Å². The molecule has 26 heavy (non-hydrogen) atoms. The SMILES string of the molecule is CCc1ccc(NC(=O)[C@H]2CCCN2C(=O)c2ccc(CC)cc2)cc1. The molecule has 0 saturated carbocycles. The molecule has 0 aliphatic carbocycles. The molecule has 4 nitrogen and oxygen atoms in total. The van der Waals surface area contributed by atoms with Crippen molar-refractivity contribution in [3.8, 4) is 0 Å². The van der Waals surface area contributed by atoms with Crippen molar-refractivity contribution < 1.29 is 9.59 Å². The standard InChI is InChI=1S/C22H26N2O2/c1-3-16-7-11-18(12-8-16)22(26)24-15-5-6-20(24)21(25)23-19-13-9-17(4-2)10-14-19/h7-14,20H,3-6,15H2,1-2H3,(H,23,25)/t20-/m1/s1. The summed E-state index contributed by atoms with van der Waals surface area (Å²) in [5.41, 5.74) is 3.86. The van der Waals surface area contributed by atoms with Crippen molar-refractivity contribution in [1.82, 2.24) is 4.90 Å². The molecule has 4 heteroatoms. The second-order valence-corrected chi connectivity index (χ2v) is 6.75. The highest BCUT2D eigenvalue weighted by Gasteiger charge is 2.34. The maximum Gasteiger partial charge on any atom is 0.254 e. The normalized spacial score (nSPS) is 16.5. The third-order valence-corrected chi connectivity index (χ3v) is 5.06. The molecule has 2 aromatic carbocycles. The average molecular weight is 350 g/mol. The Bertz CT molecular complexity index is 766. The average Bonchev–Trinajstić information content (AvgIpc) is 3.18. The van der Waals surface area contributed by atoms with Crippen molar-refractivity contribution >= 4 is 17.5 Å². The van der Waals surface area contributed by atoms with Gasteiger partial charge in [0.15, 0.2) is 0 Å². The van der Waals surface area contributed by atoms with Crippen LogP contribution in [-0.2, 0) is 17.6 Å². The van der Waals surface area contributed by atoms with Crippen molar-refractivity contribution in [2.24, 2.45) is 0 Å². The number of nitrogens with zero attached hydrogens (tertiary/aromatic N) is 1. The number of hydrogen-bond donors (Lipinski definition) is 1. The number of likely N-dealkylation sites (tertiary alicyclic amines) is 1. The van der Waals surface area contributed by atoms with Crippen molar-refractivity contribution in [3.05, 3.63) is 65.2 Å². The number of carbonyl (C=O) groups is 2. The van der Waals surface area contributed by atoms with Crippen LogP contribution in [0.15, 0.2) is 48.5 Å². The van der Waals surface area contributed by atoms with Crippen LogP contribution in [0.2, 0.25) is 0 Å². The lowest BCUT2D eigenvalue weighted by Crippen LogP contribution is -2.43. The van der Waals surface area contributed by atoms with Crippen LogP contribution in [-0.4, -0.2) is 29.3 Å². The first kappa shape index (κ1) is 18.2. The van der Waals surface area contributed by atoms with E-state index in [4.69, 9.17) is 0 Å². The Hall–Kier alpha value is -2.62. The molecule has 0 bridgehead atoms. The predicted molar refractivity (Wildman–Crippen MR) is 104 cm³/mol. The summed E-state index contributed by atoms with van der Waals surface area (Å²) in [7, 11) is 0. The van der Waals surface area contributed by atoms with Gasteiger partial charge in [-0.1, -0.05) is 38.1 Å². The van der Waals surface area contributed by atoms with E-state index in [1.165, 1.54) is 11.1 Å². The van der Waals surface area contributed by atoms with E-state index in [0.29, 0.717) is 18.5 Å². The van der Waals surface area contributed by atoms with Crippen LogP contribution in [0.4, 0.5) is 5.69 Å². The van der Waals surface area contributed by atoms with E-state index < -0.39 is 6.04 Å². The van der Waals surface area contributed by atoms with Gasteiger partial charge in [-0.15, -0.1) is 0 Å². The minimum Gasteiger partial charge on any atom is -0.327 e. The van der Waals surface area contributed by atoms with Crippen LogP contribution in [0.1, 0.15) is 48.2 Å². The van der Waals surface area contributed by atoms with Crippen molar-refractivity contribution in [2.75, 3.05) is 11.9 Å². The third-order valence-electron chi connectivity index (χ3n) is 5.06. The molecule has 1 fully saturated rings. The van der Waals surface area contributed by atoms with Gasteiger partial charge in [-0.2, -0.15) is 0 Å². The zero-order valence-electron chi connectivity index (χ0n) is 15.5. The fourth-order valence-corrected chi connectivity index (χ4v) is 3.38. The Kier molecular flexibility index (Phi) is 5.71. The smallest absolute Gasteiger partial charge is 0.254 e. The van der Waals surface area contributed by atoms with Gasteiger partial charge in [0.05, 0.1) is 0 Å². The number of amides is 2. The van der Waals surface area contributed by atoms with Crippen LogP contribution in [0, 0.1) is 0 Å². The Morgan fingerprint density at radius 2 is 1.54 bits per heavy atom. The summed E-state index contributed by atoms with van der Waals surface area (Å²) in [6.07, 6.45) is 3.47. The lowest BCUT2D eigenvalue weighted by Gasteiger charge is -2.24. The van der Waals surface area contributed by atoms with Crippen molar-refractivity contribution in [2.45, 2.75) is 45.6 Å². The molecule has 0 radical (unpaired) electrons. The number of carbonyl (C=O) groups excluding carboxylic acids is 2. The van der Waals surface area contributed by atoms with Gasteiger partial charge >= 0.3 is 0 Å². The van der Waals surface area contributed by atoms with E-state index >= 15 is 0 Å². The Morgan fingerprint density at radius 1 is 0.962 bits per heavy atom. The Labute approximate surface area is 155 Å². The molecule has 1 aliphatic heterocycles. The van der Waals surface area contributed by atoms with Crippen LogP contribution < -0.4 is 5.32 Å². The second kappa shape index (κ2) is 8.17. The van der Waals surface area contributed by atoms with E-state index in [2.05, 4.69) is 19.2 Å². The number of rotatable bonds is 5. The summed E-state index contributed by atoms with van der Waals surface area (Å²) < 4.78 is 0. The van der Waals surface area contributed by atoms with E-state index in [0.717, 1.165) is 24.9 Å². The van der Waals surface area contributed by atoms with E-state index in [1.54, 1.807) is 4.90 Å². The maximum atomic E-state index is 12.8. The molecule has 0 aromatic heterocycles. The monoisotopic (exact) mass is 350 g/mol. The molecule has 1 aliphatic rings. The van der Waals surface area contributed by atoms with E-state index in [-0.39, 0.29) is 11.8 Å². The first-order chi connectivity index (χ1) is 12.6. The highest BCUT2D eigenvalue weighted by molar-refractivity contribution is 6.01. The van der Waals surface area contributed by atoms with Crippen LogP contribution in [0.25, 0.3) is 0 Å². The van der Waals surface area contributed by atoms with Crippen LogP contribution in [0.5, 0.6) is 0 Å². The van der Waals surface area contributed by atoms with Gasteiger partial charge in [0.1, 0.15) is 6.04 Å². The highest BCUT2D eigenvalue weighted by atomic mass is 16.2. The van der Waals surface area contributed by atoms with Gasteiger partial charge in [0, 0.05) is 17.8 Å². The summed E-state index contributed by atoms with van der Waals surface area (Å²) in [5, 5.41) is 2.96. The van der Waals surface area contributed by atoms with E-state index in [9.17, 15) is 9.59 Å². The molecule has 1 N–H and O–H groups in total.